The van der Waals surface area contributed by atoms with Gasteiger partial charge in [-0.3, -0.25) is 4.99 Å². The highest BCUT2D eigenvalue weighted by Crippen LogP contribution is 2.22. The number of aromatic hydroxyl groups is 1. The van der Waals surface area contributed by atoms with Gasteiger partial charge in [0, 0.05) is 21.8 Å². The molecule has 9 heteroatoms. The van der Waals surface area contributed by atoms with Gasteiger partial charge in [-0.2, -0.15) is 0 Å². The molecule has 3 rings (SSSR count). The van der Waals surface area contributed by atoms with E-state index in [-0.39, 0.29) is 16.5 Å². The molecule has 0 aliphatic heterocycles. The maximum atomic E-state index is 12.5. The van der Waals surface area contributed by atoms with Crippen LogP contribution < -0.4 is 4.72 Å². The van der Waals surface area contributed by atoms with Crippen LogP contribution in [-0.4, -0.2) is 24.9 Å². The van der Waals surface area contributed by atoms with Gasteiger partial charge in [0.05, 0.1) is 17.1 Å². The van der Waals surface area contributed by atoms with Gasteiger partial charge < -0.3 is 9.63 Å². The Morgan fingerprint density at radius 3 is 2.57 bits per heavy atom. The third-order valence-electron chi connectivity index (χ3n) is 4.11. The van der Waals surface area contributed by atoms with Crippen molar-refractivity contribution in [2.45, 2.75) is 25.3 Å². The Morgan fingerprint density at radius 2 is 1.93 bits per heavy atom. The Kier molecular flexibility index (Phi) is 5.85. The van der Waals surface area contributed by atoms with Gasteiger partial charge in [-0.1, -0.05) is 33.2 Å². The van der Waals surface area contributed by atoms with Crippen molar-refractivity contribution in [1.82, 2.24) is 5.16 Å². The number of nitrogens with one attached hydrogen (secondary N) is 1. The lowest BCUT2D eigenvalue weighted by Crippen LogP contribution is -2.13. The number of phenolic OH excluding ortho intramolecular Hbond substituents is 1. The zero-order chi connectivity index (χ0) is 20.3. The second kappa shape index (κ2) is 8.15. The number of benzene rings is 2. The summed E-state index contributed by atoms with van der Waals surface area (Å²) < 4.78 is 33.2. The molecule has 3 aromatic rings. The minimum absolute atomic E-state index is 0.110. The van der Waals surface area contributed by atoms with Gasteiger partial charge in [0.15, 0.2) is 0 Å². The fourth-order valence-electron chi connectivity index (χ4n) is 2.34. The molecule has 0 atom stereocenters. The second-order valence-electron chi connectivity index (χ2n) is 6.14. The van der Waals surface area contributed by atoms with Crippen molar-refractivity contribution in [1.29, 1.82) is 0 Å². The van der Waals surface area contributed by atoms with Crippen molar-refractivity contribution >= 4 is 38.1 Å². The highest BCUT2D eigenvalue weighted by molar-refractivity contribution is 9.10. The third kappa shape index (κ3) is 4.60. The molecule has 0 spiro atoms. The summed E-state index contributed by atoms with van der Waals surface area (Å²) in [6.45, 7) is 3.81. The molecule has 0 saturated carbocycles. The SMILES string of the molecule is Cc1noc(NS(=O)(=O)c2ccc(CN=Cc3cc(Br)ccc3O)cc2)c1C. The molecule has 0 unspecified atom stereocenters. The summed E-state index contributed by atoms with van der Waals surface area (Å²) in [6, 6.07) is 11.5. The monoisotopic (exact) mass is 463 g/mol. The quantitative estimate of drug-likeness (QED) is 0.533. The molecule has 2 N–H and O–H groups in total. The summed E-state index contributed by atoms with van der Waals surface area (Å²) in [4.78, 5) is 4.40. The van der Waals surface area contributed by atoms with Crippen molar-refractivity contribution in [2.75, 3.05) is 4.72 Å². The van der Waals surface area contributed by atoms with E-state index in [1.54, 1.807) is 50.4 Å². The van der Waals surface area contributed by atoms with Crippen molar-refractivity contribution in [3.63, 3.8) is 0 Å². The average molecular weight is 464 g/mol. The Morgan fingerprint density at radius 1 is 1.21 bits per heavy atom. The van der Waals surface area contributed by atoms with E-state index >= 15 is 0 Å². The summed E-state index contributed by atoms with van der Waals surface area (Å²) in [7, 11) is -3.77. The molecule has 0 amide bonds. The fourth-order valence-corrected chi connectivity index (χ4v) is 3.77. The molecule has 0 radical (unpaired) electrons. The molecule has 146 valence electrons. The molecule has 28 heavy (non-hydrogen) atoms. The van der Waals surface area contributed by atoms with Gasteiger partial charge in [0.2, 0.25) is 5.88 Å². The molecule has 1 heterocycles. The number of aliphatic imine (C=N–C) groups is 1. The van der Waals surface area contributed by atoms with Crippen molar-refractivity contribution in [3.05, 3.63) is 69.3 Å². The number of halogens is 1. The van der Waals surface area contributed by atoms with Crippen LogP contribution in [0.5, 0.6) is 5.75 Å². The molecule has 7 nitrogen and oxygen atoms in total. The van der Waals surface area contributed by atoms with Gasteiger partial charge in [-0.15, -0.1) is 0 Å². The zero-order valence-corrected chi connectivity index (χ0v) is 17.6. The zero-order valence-electron chi connectivity index (χ0n) is 15.2. The Labute approximate surface area is 171 Å². The van der Waals surface area contributed by atoms with E-state index in [1.165, 1.54) is 12.1 Å². The Hall–Kier alpha value is -2.65. The average Bonchev–Trinajstić information content (AvgIpc) is 2.96. The van der Waals surface area contributed by atoms with Gasteiger partial charge in [0.1, 0.15) is 5.75 Å². The normalized spacial score (nSPS) is 11.8. The molecular formula is C19H18BrN3O4S. The van der Waals surface area contributed by atoms with E-state index in [2.05, 4.69) is 30.8 Å². The molecular weight excluding hydrogens is 446 g/mol. The number of rotatable bonds is 6. The predicted octanol–water partition coefficient (Wildman–Crippen LogP) is 4.18. The van der Waals surface area contributed by atoms with Crippen LogP contribution in [0.3, 0.4) is 0 Å². The molecule has 2 aromatic carbocycles. The van der Waals surface area contributed by atoms with Gasteiger partial charge in [-0.25, -0.2) is 13.1 Å². The van der Waals surface area contributed by atoms with Crippen molar-refractivity contribution < 1.29 is 18.0 Å². The highest BCUT2D eigenvalue weighted by Gasteiger charge is 2.19. The smallest absolute Gasteiger partial charge is 0.264 e. The van der Waals surface area contributed by atoms with E-state index in [9.17, 15) is 13.5 Å². The number of nitrogens with zero attached hydrogens (tertiary/aromatic N) is 2. The second-order valence-corrected chi connectivity index (χ2v) is 8.74. The maximum Gasteiger partial charge on any atom is 0.264 e. The summed E-state index contributed by atoms with van der Waals surface area (Å²) in [5.74, 6) is 0.248. The Balaban J connectivity index is 1.70. The lowest BCUT2D eigenvalue weighted by atomic mass is 10.2. The topological polar surface area (TPSA) is 105 Å². The summed E-state index contributed by atoms with van der Waals surface area (Å²) in [6.07, 6.45) is 1.57. The van der Waals surface area contributed by atoms with Crippen LogP contribution in [0.2, 0.25) is 0 Å². The largest absolute Gasteiger partial charge is 0.507 e. The molecule has 0 bridgehead atoms. The lowest BCUT2D eigenvalue weighted by Gasteiger charge is -2.06. The third-order valence-corrected chi connectivity index (χ3v) is 5.95. The van der Waals surface area contributed by atoms with Crippen LogP contribution in [-0.2, 0) is 16.6 Å². The summed E-state index contributed by atoms with van der Waals surface area (Å²) in [5.41, 5.74) is 2.69. The number of hydrogen-bond donors (Lipinski definition) is 2. The fraction of sp³-hybridized carbons (Fsp3) is 0.158. The van der Waals surface area contributed by atoms with E-state index in [0.29, 0.717) is 23.4 Å². The molecule has 0 aliphatic carbocycles. The first-order chi connectivity index (χ1) is 13.3. The van der Waals surface area contributed by atoms with Crippen LogP contribution in [0.1, 0.15) is 22.4 Å². The molecule has 0 fully saturated rings. The van der Waals surface area contributed by atoms with Crippen molar-refractivity contribution in [2.24, 2.45) is 4.99 Å². The van der Waals surface area contributed by atoms with Gasteiger partial charge in [-0.05, 0) is 49.7 Å². The van der Waals surface area contributed by atoms with Crippen LogP contribution in [0, 0.1) is 13.8 Å². The van der Waals surface area contributed by atoms with E-state index in [1.807, 2.05) is 0 Å². The molecule has 1 aromatic heterocycles. The predicted molar refractivity (Wildman–Crippen MR) is 110 cm³/mol. The minimum Gasteiger partial charge on any atom is -0.507 e. The van der Waals surface area contributed by atoms with Crippen LogP contribution in [0.25, 0.3) is 0 Å². The summed E-state index contributed by atoms with van der Waals surface area (Å²) >= 11 is 3.34. The first kappa shape index (κ1) is 20.1. The lowest BCUT2D eigenvalue weighted by molar-refractivity contribution is 0.430. The van der Waals surface area contributed by atoms with E-state index in [4.69, 9.17) is 4.52 Å². The van der Waals surface area contributed by atoms with E-state index in [0.717, 1.165) is 10.0 Å². The van der Waals surface area contributed by atoms with E-state index < -0.39 is 10.0 Å². The molecule has 0 aliphatic rings. The van der Waals surface area contributed by atoms with Crippen LogP contribution in [0.15, 0.2) is 61.3 Å². The van der Waals surface area contributed by atoms with Crippen molar-refractivity contribution in [3.8, 4) is 5.75 Å². The first-order valence-electron chi connectivity index (χ1n) is 8.29. The number of phenols is 1. The van der Waals surface area contributed by atoms with Gasteiger partial charge >= 0.3 is 0 Å². The number of aromatic nitrogens is 1. The number of anilines is 1. The molecule has 0 saturated heterocycles. The number of sulfonamides is 1. The summed E-state index contributed by atoms with van der Waals surface area (Å²) in [5, 5.41) is 13.5. The maximum absolute atomic E-state index is 12.5. The van der Waals surface area contributed by atoms with Crippen LogP contribution >= 0.6 is 15.9 Å². The number of aryl methyl sites for hydroxylation is 1. The van der Waals surface area contributed by atoms with Crippen LogP contribution in [0.4, 0.5) is 5.88 Å². The standard InChI is InChI=1S/C19H18BrN3O4S/c1-12-13(2)22-27-19(12)23-28(25,26)17-6-3-14(4-7-17)10-21-11-15-9-16(20)5-8-18(15)24/h3-9,11,23-24H,10H2,1-2H3. The minimum atomic E-state index is -3.77. The Bertz CT molecular complexity index is 1120. The first-order valence-corrected chi connectivity index (χ1v) is 10.6. The van der Waals surface area contributed by atoms with Gasteiger partial charge in [0.25, 0.3) is 10.0 Å². The number of hydrogen-bond acceptors (Lipinski definition) is 6. The highest BCUT2D eigenvalue weighted by atomic mass is 79.9.